The molecule has 2 aliphatic rings. The lowest BCUT2D eigenvalue weighted by atomic mass is 9.79. The average Bonchev–Trinajstić information content (AvgIpc) is 3.23. The van der Waals surface area contributed by atoms with Crippen LogP contribution in [0.4, 0.5) is 0 Å². The second-order valence-electron chi connectivity index (χ2n) is 6.34. The van der Waals surface area contributed by atoms with Crippen LogP contribution in [0.25, 0.3) is 0 Å². The molecule has 5 heteroatoms. The van der Waals surface area contributed by atoms with E-state index in [1.807, 2.05) is 7.05 Å². The maximum atomic E-state index is 12.2. The highest BCUT2D eigenvalue weighted by Crippen LogP contribution is 2.30. The summed E-state index contributed by atoms with van der Waals surface area (Å²) < 4.78 is 0. The molecule has 1 unspecified atom stereocenters. The molecule has 1 atom stereocenters. The molecular formula is C15H27N3O2. The normalized spacial score (nSPS) is 22.9. The monoisotopic (exact) mass is 281 g/mol. The first-order valence-corrected chi connectivity index (χ1v) is 7.83. The number of rotatable bonds is 6. The third kappa shape index (κ3) is 4.20. The molecule has 0 radical (unpaired) electrons. The zero-order valence-electron chi connectivity index (χ0n) is 12.6. The fraction of sp³-hybridized carbons (Fsp3) is 0.867. The summed E-state index contributed by atoms with van der Waals surface area (Å²) >= 11 is 0. The van der Waals surface area contributed by atoms with Gasteiger partial charge in [0.25, 0.3) is 0 Å². The summed E-state index contributed by atoms with van der Waals surface area (Å²) in [6.45, 7) is 1.75. The molecule has 2 rings (SSSR count). The van der Waals surface area contributed by atoms with Crippen molar-refractivity contribution >= 4 is 11.8 Å². The van der Waals surface area contributed by atoms with Crippen LogP contribution < -0.4 is 16.0 Å². The Morgan fingerprint density at radius 3 is 2.40 bits per heavy atom. The Morgan fingerprint density at radius 1 is 1.20 bits per heavy atom. The molecule has 0 saturated heterocycles. The molecule has 0 aromatic carbocycles. The van der Waals surface area contributed by atoms with Gasteiger partial charge in [0.15, 0.2) is 0 Å². The van der Waals surface area contributed by atoms with E-state index >= 15 is 0 Å². The summed E-state index contributed by atoms with van der Waals surface area (Å²) in [7, 11) is 1.93. The van der Waals surface area contributed by atoms with E-state index < -0.39 is 6.04 Å². The molecule has 2 amide bonds. The van der Waals surface area contributed by atoms with Crippen LogP contribution in [0.15, 0.2) is 0 Å². The van der Waals surface area contributed by atoms with E-state index in [-0.39, 0.29) is 17.4 Å². The van der Waals surface area contributed by atoms with Gasteiger partial charge < -0.3 is 16.0 Å². The summed E-state index contributed by atoms with van der Waals surface area (Å²) in [5, 5.41) is 9.08. The highest BCUT2D eigenvalue weighted by molar-refractivity contribution is 5.87. The zero-order chi connectivity index (χ0) is 14.6. The van der Waals surface area contributed by atoms with E-state index in [1.165, 1.54) is 19.3 Å². The molecule has 2 saturated carbocycles. The van der Waals surface area contributed by atoms with Crippen LogP contribution in [-0.2, 0) is 9.59 Å². The largest absolute Gasteiger partial charge is 0.352 e. The molecule has 2 fully saturated rings. The van der Waals surface area contributed by atoms with Crippen molar-refractivity contribution in [1.82, 2.24) is 16.0 Å². The Kier molecular flexibility index (Phi) is 5.02. The highest BCUT2D eigenvalue weighted by atomic mass is 16.2. The van der Waals surface area contributed by atoms with Crippen molar-refractivity contribution in [1.29, 1.82) is 0 Å². The maximum absolute atomic E-state index is 12.2. The van der Waals surface area contributed by atoms with E-state index in [0.717, 1.165) is 25.7 Å². The van der Waals surface area contributed by atoms with E-state index in [0.29, 0.717) is 12.5 Å². The molecule has 3 N–H and O–H groups in total. The molecule has 2 aliphatic carbocycles. The van der Waals surface area contributed by atoms with Gasteiger partial charge >= 0.3 is 0 Å². The van der Waals surface area contributed by atoms with Crippen LogP contribution in [0.2, 0.25) is 0 Å². The van der Waals surface area contributed by atoms with Gasteiger partial charge in [-0.05, 0) is 39.7 Å². The smallest absolute Gasteiger partial charge is 0.242 e. The van der Waals surface area contributed by atoms with Gasteiger partial charge in [0.1, 0.15) is 6.04 Å². The predicted octanol–water partition coefficient (Wildman–Crippen LogP) is 1.08. The molecule has 0 aliphatic heterocycles. The van der Waals surface area contributed by atoms with Gasteiger partial charge in [-0.1, -0.05) is 19.3 Å². The van der Waals surface area contributed by atoms with Crippen molar-refractivity contribution in [2.75, 3.05) is 7.05 Å². The fourth-order valence-corrected chi connectivity index (χ4v) is 2.96. The number of amides is 2. The molecule has 0 bridgehead atoms. The third-order valence-electron chi connectivity index (χ3n) is 4.53. The topological polar surface area (TPSA) is 70.2 Å². The van der Waals surface area contributed by atoms with Crippen LogP contribution >= 0.6 is 0 Å². The van der Waals surface area contributed by atoms with Gasteiger partial charge in [0.2, 0.25) is 11.8 Å². The van der Waals surface area contributed by atoms with Crippen LogP contribution in [-0.4, -0.2) is 36.5 Å². The van der Waals surface area contributed by atoms with Gasteiger partial charge in [0, 0.05) is 18.0 Å². The van der Waals surface area contributed by atoms with Crippen molar-refractivity contribution < 1.29 is 9.59 Å². The number of hydrogen-bond donors (Lipinski definition) is 3. The standard InChI is InChI=1S/C15H27N3O2/c1-11(14(20)18-12-6-7-12)17-13(19)10-15(16-2)8-4-3-5-9-15/h11-12,16H,3-10H2,1-2H3,(H,17,19)(H,18,20). The maximum Gasteiger partial charge on any atom is 0.242 e. The van der Waals surface area contributed by atoms with Crippen LogP contribution in [0.5, 0.6) is 0 Å². The van der Waals surface area contributed by atoms with Gasteiger partial charge in [-0.25, -0.2) is 0 Å². The highest BCUT2D eigenvalue weighted by Gasteiger charge is 2.33. The van der Waals surface area contributed by atoms with Crippen LogP contribution in [0.1, 0.15) is 58.3 Å². The van der Waals surface area contributed by atoms with Crippen molar-refractivity contribution in [2.24, 2.45) is 0 Å². The fourth-order valence-electron chi connectivity index (χ4n) is 2.96. The molecule has 0 aromatic rings. The lowest BCUT2D eigenvalue weighted by Gasteiger charge is -2.36. The first-order valence-electron chi connectivity index (χ1n) is 7.83. The SMILES string of the molecule is CNC1(CC(=O)NC(C)C(=O)NC2CC2)CCCCC1. The quantitative estimate of drug-likeness (QED) is 0.682. The molecule has 20 heavy (non-hydrogen) atoms. The summed E-state index contributed by atoms with van der Waals surface area (Å²) in [4.78, 5) is 24.0. The van der Waals surface area contributed by atoms with Crippen molar-refractivity contribution in [3.05, 3.63) is 0 Å². The number of nitrogens with one attached hydrogen (secondary N) is 3. The molecule has 0 spiro atoms. The summed E-state index contributed by atoms with van der Waals surface area (Å²) in [6, 6.07) is -0.107. The molecule has 0 heterocycles. The van der Waals surface area contributed by atoms with E-state index in [4.69, 9.17) is 0 Å². The summed E-state index contributed by atoms with van der Waals surface area (Å²) in [5.41, 5.74) is -0.0744. The van der Waals surface area contributed by atoms with Gasteiger partial charge in [-0.2, -0.15) is 0 Å². The minimum absolute atomic E-state index is 0.0281. The second kappa shape index (κ2) is 6.57. The number of carbonyl (C=O) groups is 2. The van der Waals surface area contributed by atoms with E-state index in [1.54, 1.807) is 6.92 Å². The number of carbonyl (C=O) groups excluding carboxylic acids is 2. The first-order chi connectivity index (χ1) is 9.54. The van der Waals surface area contributed by atoms with Crippen LogP contribution in [0.3, 0.4) is 0 Å². The Hall–Kier alpha value is -1.10. The van der Waals surface area contributed by atoms with Crippen molar-refractivity contribution in [3.63, 3.8) is 0 Å². The lowest BCUT2D eigenvalue weighted by Crippen LogP contribution is -2.51. The van der Waals surface area contributed by atoms with Gasteiger partial charge in [-0.3, -0.25) is 9.59 Å². The minimum atomic E-state index is -0.444. The average molecular weight is 281 g/mol. The van der Waals surface area contributed by atoms with Crippen LogP contribution in [0, 0.1) is 0 Å². The lowest BCUT2D eigenvalue weighted by molar-refractivity contribution is -0.129. The molecule has 114 valence electrons. The van der Waals surface area contributed by atoms with E-state index in [9.17, 15) is 9.59 Å². The Morgan fingerprint density at radius 2 is 1.85 bits per heavy atom. The molecule has 0 aromatic heterocycles. The third-order valence-corrected chi connectivity index (χ3v) is 4.53. The summed E-state index contributed by atoms with van der Waals surface area (Å²) in [5.74, 6) is -0.0947. The first kappa shape index (κ1) is 15.3. The minimum Gasteiger partial charge on any atom is -0.352 e. The summed E-state index contributed by atoms with van der Waals surface area (Å²) in [6.07, 6.45) is 8.27. The van der Waals surface area contributed by atoms with E-state index in [2.05, 4.69) is 16.0 Å². The van der Waals surface area contributed by atoms with Crippen molar-refractivity contribution in [3.8, 4) is 0 Å². The zero-order valence-corrected chi connectivity index (χ0v) is 12.6. The molecule has 5 nitrogen and oxygen atoms in total. The Bertz CT molecular complexity index is 360. The Labute approximate surface area is 121 Å². The van der Waals surface area contributed by atoms with Gasteiger partial charge in [-0.15, -0.1) is 0 Å². The second-order valence-corrected chi connectivity index (χ2v) is 6.34. The Balaban J connectivity index is 1.79. The van der Waals surface area contributed by atoms with Gasteiger partial charge in [0.05, 0.1) is 0 Å². The number of hydrogen-bond acceptors (Lipinski definition) is 3. The molecular weight excluding hydrogens is 254 g/mol. The van der Waals surface area contributed by atoms with Crippen molar-refractivity contribution in [2.45, 2.75) is 75.9 Å². The predicted molar refractivity (Wildman–Crippen MR) is 78.3 cm³/mol.